The summed E-state index contributed by atoms with van der Waals surface area (Å²) in [5.74, 6) is 0.795. The Morgan fingerprint density at radius 2 is 2.29 bits per heavy atom. The first kappa shape index (κ1) is 11.8. The second-order valence-corrected chi connectivity index (χ2v) is 4.13. The molecule has 0 aliphatic carbocycles. The van der Waals surface area contributed by atoms with Crippen molar-refractivity contribution in [3.63, 3.8) is 0 Å². The van der Waals surface area contributed by atoms with Gasteiger partial charge in [-0.1, -0.05) is 17.7 Å². The van der Waals surface area contributed by atoms with Gasteiger partial charge in [0, 0.05) is 30.9 Å². The van der Waals surface area contributed by atoms with E-state index in [1.807, 2.05) is 24.3 Å². The molecule has 0 aliphatic rings. The molecule has 17 heavy (non-hydrogen) atoms. The molecule has 1 aromatic carbocycles. The Kier molecular flexibility index (Phi) is 3.88. The zero-order valence-corrected chi connectivity index (χ0v) is 10.1. The number of nitrogen functional groups attached to an aromatic ring is 1. The Morgan fingerprint density at radius 3 is 3.00 bits per heavy atom. The van der Waals surface area contributed by atoms with E-state index >= 15 is 0 Å². The van der Waals surface area contributed by atoms with Crippen LogP contribution in [0.2, 0.25) is 5.02 Å². The van der Waals surface area contributed by atoms with Gasteiger partial charge in [0.15, 0.2) is 0 Å². The van der Waals surface area contributed by atoms with E-state index < -0.39 is 0 Å². The van der Waals surface area contributed by atoms with E-state index in [0.29, 0.717) is 17.3 Å². The maximum Gasteiger partial charge on any atom is 0.121 e. The van der Waals surface area contributed by atoms with Gasteiger partial charge in [-0.2, -0.15) is 5.10 Å². The molecule has 4 nitrogen and oxygen atoms in total. The van der Waals surface area contributed by atoms with E-state index in [4.69, 9.17) is 22.1 Å². The third-order valence-electron chi connectivity index (χ3n) is 2.26. The van der Waals surface area contributed by atoms with Crippen LogP contribution in [0.15, 0.2) is 36.7 Å². The lowest BCUT2D eigenvalue weighted by atomic mass is 10.3. The summed E-state index contributed by atoms with van der Waals surface area (Å²) < 4.78 is 7.36. The molecule has 0 atom stereocenters. The van der Waals surface area contributed by atoms with Crippen LogP contribution in [-0.2, 0) is 6.54 Å². The number of aryl methyl sites for hydroxylation is 1. The van der Waals surface area contributed by atoms with E-state index in [9.17, 15) is 0 Å². The molecule has 0 radical (unpaired) electrons. The third kappa shape index (κ3) is 3.67. The van der Waals surface area contributed by atoms with Crippen LogP contribution in [0.5, 0.6) is 5.75 Å². The quantitative estimate of drug-likeness (QED) is 0.656. The second kappa shape index (κ2) is 5.59. The molecule has 1 aromatic heterocycles. The Bertz CT molecular complexity index is 484. The monoisotopic (exact) mass is 251 g/mol. The zero-order chi connectivity index (χ0) is 12.1. The van der Waals surface area contributed by atoms with Crippen molar-refractivity contribution in [2.75, 3.05) is 12.3 Å². The number of nitrogens with two attached hydrogens (primary N) is 1. The highest BCUT2D eigenvalue weighted by molar-refractivity contribution is 6.30. The second-order valence-electron chi connectivity index (χ2n) is 3.70. The number of ether oxygens (including phenoxy) is 1. The fourth-order valence-electron chi connectivity index (χ4n) is 1.48. The maximum atomic E-state index is 5.76. The van der Waals surface area contributed by atoms with Gasteiger partial charge in [0.05, 0.1) is 17.8 Å². The Morgan fingerprint density at radius 1 is 1.41 bits per heavy atom. The van der Waals surface area contributed by atoms with Crippen molar-refractivity contribution in [1.29, 1.82) is 0 Å². The number of halogens is 1. The van der Waals surface area contributed by atoms with E-state index in [2.05, 4.69) is 5.10 Å². The van der Waals surface area contributed by atoms with Crippen LogP contribution in [0, 0.1) is 0 Å². The summed E-state index contributed by atoms with van der Waals surface area (Å²) in [6.45, 7) is 1.41. The van der Waals surface area contributed by atoms with Crippen molar-refractivity contribution in [2.24, 2.45) is 0 Å². The topological polar surface area (TPSA) is 53.1 Å². The predicted molar refractivity (Wildman–Crippen MR) is 68.2 cm³/mol. The zero-order valence-electron chi connectivity index (χ0n) is 9.34. The number of aromatic nitrogens is 2. The minimum Gasteiger partial charge on any atom is -0.493 e. The molecule has 90 valence electrons. The van der Waals surface area contributed by atoms with Gasteiger partial charge in [0.25, 0.3) is 0 Å². The fourth-order valence-corrected chi connectivity index (χ4v) is 1.64. The molecule has 0 saturated carbocycles. The fraction of sp³-hybridized carbons (Fsp3) is 0.250. The summed E-state index contributed by atoms with van der Waals surface area (Å²) in [5, 5.41) is 4.74. The first-order valence-electron chi connectivity index (χ1n) is 5.40. The average molecular weight is 252 g/mol. The molecule has 1 heterocycles. The molecule has 0 amide bonds. The number of hydrogen-bond acceptors (Lipinski definition) is 3. The van der Waals surface area contributed by atoms with Gasteiger partial charge < -0.3 is 10.5 Å². The molecule has 2 rings (SSSR count). The Labute approximate surface area is 105 Å². The van der Waals surface area contributed by atoms with Crippen LogP contribution in [0.25, 0.3) is 0 Å². The SMILES string of the molecule is Nc1cccc(OCCCn2cc(Cl)cn2)c1. The Hall–Kier alpha value is -1.68. The van der Waals surface area contributed by atoms with Crippen molar-refractivity contribution in [1.82, 2.24) is 9.78 Å². The summed E-state index contributed by atoms with van der Waals surface area (Å²) in [6, 6.07) is 7.41. The van der Waals surface area contributed by atoms with Gasteiger partial charge in [-0.05, 0) is 12.1 Å². The van der Waals surface area contributed by atoms with Gasteiger partial charge in [0.1, 0.15) is 5.75 Å². The smallest absolute Gasteiger partial charge is 0.121 e. The molecule has 0 unspecified atom stereocenters. The molecule has 0 spiro atoms. The lowest BCUT2D eigenvalue weighted by Crippen LogP contribution is -2.04. The van der Waals surface area contributed by atoms with Crippen molar-refractivity contribution >= 4 is 17.3 Å². The van der Waals surface area contributed by atoms with Gasteiger partial charge in [0.2, 0.25) is 0 Å². The molecule has 0 saturated heterocycles. The highest BCUT2D eigenvalue weighted by Gasteiger charge is 1.97. The minimum absolute atomic E-state index is 0.626. The number of benzene rings is 1. The van der Waals surface area contributed by atoms with E-state index in [0.717, 1.165) is 18.7 Å². The lowest BCUT2D eigenvalue weighted by Gasteiger charge is -2.06. The molecule has 2 aromatic rings. The average Bonchev–Trinajstić information content (AvgIpc) is 2.71. The standard InChI is InChI=1S/C12H14ClN3O/c13-10-8-15-16(9-10)5-2-6-17-12-4-1-3-11(14)7-12/h1,3-4,7-9H,2,5-6,14H2. The molecule has 2 N–H and O–H groups in total. The number of rotatable bonds is 5. The van der Waals surface area contributed by atoms with Crippen LogP contribution >= 0.6 is 11.6 Å². The molecule has 5 heteroatoms. The van der Waals surface area contributed by atoms with Gasteiger partial charge in [-0.25, -0.2) is 0 Å². The van der Waals surface area contributed by atoms with Gasteiger partial charge in [-0.15, -0.1) is 0 Å². The molecule has 0 bridgehead atoms. The predicted octanol–water partition coefficient (Wildman–Crippen LogP) is 2.59. The molecular weight excluding hydrogens is 238 g/mol. The van der Waals surface area contributed by atoms with E-state index in [1.54, 1.807) is 17.1 Å². The first-order chi connectivity index (χ1) is 8.24. The number of anilines is 1. The Balaban J connectivity index is 1.73. The molecule has 0 aliphatic heterocycles. The van der Waals surface area contributed by atoms with E-state index in [1.165, 1.54) is 0 Å². The highest BCUT2D eigenvalue weighted by atomic mass is 35.5. The van der Waals surface area contributed by atoms with Crippen molar-refractivity contribution < 1.29 is 4.74 Å². The lowest BCUT2D eigenvalue weighted by molar-refractivity contribution is 0.299. The van der Waals surface area contributed by atoms with Crippen LogP contribution in [0.3, 0.4) is 0 Å². The van der Waals surface area contributed by atoms with Crippen LogP contribution < -0.4 is 10.5 Å². The van der Waals surface area contributed by atoms with Gasteiger partial charge >= 0.3 is 0 Å². The van der Waals surface area contributed by atoms with Crippen molar-refractivity contribution in [3.8, 4) is 5.75 Å². The summed E-state index contributed by atoms with van der Waals surface area (Å²) in [5.41, 5.74) is 6.36. The van der Waals surface area contributed by atoms with Crippen LogP contribution in [0.1, 0.15) is 6.42 Å². The minimum atomic E-state index is 0.626. The largest absolute Gasteiger partial charge is 0.493 e. The van der Waals surface area contributed by atoms with E-state index in [-0.39, 0.29) is 0 Å². The first-order valence-corrected chi connectivity index (χ1v) is 5.78. The van der Waals surface area contributed by atoms with Crippen LogP contribution in [-0.4, -0.2) is 16.4 Å². The van der Waals surface area contributed by atoms with Crippen LogP contribution in [0.4, 0.5) is 5.69 Å². The maximum absolute atomic E-state index is 5.76. The van der Waals surface area contributed by atoms with Crippen molar-refractivity contribution in [2.45, 2.75) is 13.0 Å². The summed E-state index contributed by atoms with van der Waals surface area (Å²) >= 11 is 5.76. The molecule has 0 fully saturated rings. The summed E-state index contributed by atoms with van der Waals surface area (Å²) in [6.07, 6.45) is 4.29. The van der Waals surface area contributed by atoms with Gasteiger partial charge in [-0.3, -0.25) is 4.68 Å². The number of nitrogens with zero attached hydrogens (tertiary/aromatic N) is 2. The summed E-state index contributed by atoms with van der Waals surface area (Å²) in [4.78, 5) is 0. The summed E-state index contributed by atoms with van der Waals surface area (Å²) in [7, 11) is 0. The normalized spacial score (nSPS) is 10.4. The number of hydrogen-bond donors (Lipinski definition) is 1. The third-order valence-corrected chi connectivity index (χ3v) is 2.46. The molecular formula is C12H14ClN3O. The van der Waals surface area contributed by atoms with Crippen molar-refractivity contribution in [3.05, 3.63) is 41.7 Å². The highest BCUT2D eigenvalue weighted by Crippen LogP contribution is 2.14.